The predicted molar refractivity (Wildman–Crippen MR) is 56.2 cm³/mol. The van der Waals surface area contributed by atoms with Crippen LogP contribution >= 0.6 is 0 Å². The van der Waals surface area contributed by atoms with Crippen molar-refractivity contribution in [2.24, 2.45) is 11.8 Å². The number of alkyl halides is 1. The van der Waals surface area contributed by atoms with E-state index in [4.69, 9.17) is 4.74 Å². The molecule has 0 saturated carbocycles. The molecule has 1 N–H and O–H groups in total. The summed E-state index contributed by atoms with van der Waals surface area (Å²) in [5.41, 5.74) is -0.325. The summed E-state index contributed by atoms with van der Waals surface area (Å²) in [5, 5.41) is 9.26. The second-order valence-corrected chi connectivity index (χ2v) is 4.77. The molecule has 2 rings (SSSR count). The Labute approximate surface area is 89.4 Å². The summed E-state index contributed by atoms with van der Waals surface area (Å²) in [7, 11) is 0. The third-order valence-electron chi connectivity index (χ3n) is 3.41. The molecule has 0 aromatic heterocycles. The molecule has 2 unspecified atom stereocenters. The van der Waals surface area contributed by atoms with Gasteiger partial charge in [-0.15, -0.1) is 0 Å². The second-order valence-electron chi connectivity index (χ2n) is 4.77. The van der Waals surface area contributed by atoms with E-state index >= 15 is 0 Å². The minimum absolute atomic E-state index is 0.0249. The van der Waals surface area contributed by atoms with Gasteiger partial charge in [-0.1, -0.05) is 24.3 Å². The summed E-state index contributed by atoms with van der Waals surface area (Å²) in [6, 6.07) is 0. The maximum atomic E-state index is 13.6. The molecule has 0 radical (unpaired) electrons. The van der Waals surface area contributed by atoms with Crippen LogP contribution in [0.3, 0.4) is 0 Å². The molecule has 3 heteroatoms. The zero-order valence-corrected chi connectivity index (χ0v) is 9.06. The average Bonchev–Trinajstić information content (AvgIpc) is 2.16. The molecule has 15 heavy (non-hydrogen) atoms. The minimum atomic E-state index is -0.995. The zero-order valence-electron chi connectivity index (χ0n) is 9.06. The van der Waals surface area contributed by atoms with E-state index in [2.05, 4.69) is 0 Å². The average molecular weight is 212 g/mol. The van der Waals surface area contributed by atoms with Gasteiger partial charge in [0.05, 0.1) is 18.3 Å². The van der Waals surface area contributed by atoms with E-state index in [0.717, 1.165) is 0 Å². The van der Waals surface area contributed by atoms with Crippen molar-refractivity contribution >= 4 is 0 Å². The van der Waals surface area contributed by atoms with Crippen LogP contribution in [0.1, 0.15) is 13.8 Å². The molecule has 1 heterocycles. The quantitative estimate of drug-likeness (QED) is 0.757. The summed E-state index contributed by atoms with van der Waals surface area (Å²) in [6.07, 6.45) is 5.72. The van der Waals surface area contributed by atoms with E-state index in [1.807, 2.05) is 26.0 Å². The molecule has 0 aromatic rings. The molecule has 0 spiro atoms. The smallest absolute Gasteiger partial charge is 0.127 e. The number of aliphatic hydroxyl groups is 1. The molecule has 2 aliphatic rings. The highest BCUT2D eigenvalue weighted by atomic mass is 19.1. The normalized spacial score (nSPS) is 42.7. The van der Waals surface area contributed by atoms with E-state index < -0.39 is 6.17 Å². The molecule has 2 nitrogen and oxygen atoms in total. The lowest BCUT2D eigenvalue weighted by molar-refractivity contribution is -0.267. The van der Waals surface area contributed by atoms with Crippen molar-refractivity contribution in [2.75, 3.05) is 6.61 Å². The first-order valence-corrected chi connectivity index (χ1v) is 5.34. The summed E-state index contributed by atoms with van der Waals surface area (Å²) in [5.74, 6) is -0.225. The van der Waals surface area contributed by atoms with E-state index in [0.29, 0.717) is 0 Å². The van der Waals surface area contributed by atoms with Crippen molar-refractivity contribution in [1.82, 2.24) is 0 Å². The number of hydrogen-bond acceptors (Lipinski definition) is 2. The monoisotopic (exact) mass is 212 g/mol. The van der Waals surface area contributed by atoms with Gasteiger partial charge in [0.25, 0.3) is 0 Å². The zero-order chi connectivity index (χ0) is 11.1. The highest BCUT2D eigenvalue weighted by molar-refractivity contribution is 5.19. The molecule has 1 saturated heterocycles. The molecule has 1 fully saturated rings. The number of hydrogen-bond donors (Lipinski definition) is 1. The summed E-state index contributed by atoms with van der Waals surface area (Å²) in [6.45, 7) is 3.92. The number of aliphatic hydroxyl groups excluding tert-OH is 1. The first kappa shape index (κ1) is 10.8. The van der Waals surface area contributed by atoms with Crippen molar-refractivity contribution in [3.05, 3.63) is 24.3 Å². The Balaban J connectivity index is 2.07. The van der Waals surface area contributed by atoms with Gasteiger partial charge in [-0.05, 0) is 13.8 Å². The fourth-order valence-corrected chi connectivity index (χ4v) is 2.40. The van der Waals surface area contributed by atoms with Crippen molar-refractivity contribution in [2.45, 2.75) is 31.7 Å². The number of ether oxygens (including phenoxy) is 1. The van der Waals surface area contributed by atoms with Gasteiger partial charge in [0, 0.05) is 11.8 Å². The molecule has 1 aliphatic heterocycles. The van der Waals surface area contributed by atoms with E-state index in [9.17, 15) is 9.50 Å². The van der Waals surface area contributed by atoms with Crippen molar-refractivity contribution < 1.29 is 14.2 Å². The van der Waals surface area contributed by atoms with Gasteiger partial charge in [0.15, 0.2) is 0 Å². The Hall–Kier alpha value is -0.670. The molecule has 4 atom stereocenters. The standard InChI is InChI=1S/C12H17FO2/c1-12(2)9(7-14)11(15-12)8-5-3-4-6-10(8)13/h3-6,8-11,14H,7H2,1-2H3/t8?,9-,10?,11-/m1/s1. The first-order chi connectivity index (χ1) is 7.06. The lowest BCUT2D eigenvalue weighted by atomic mass is 9.73. The van der Waals surface area contributed by atoms with Crippen LogP contribution in [0.2, 0.25) is 0 Å². The molecule has 0 bridgehead atoms. The van der Waals surface area contributed by atoms with Gasteiger partial charge in [-0.3, -0.25) is 0 Å². The molecule has 84 valence electrons. The minimum Gasteiger partial charge on any atom is -0.396 e. The van der Waals surface area contributed by atoms with E-state index in [1.165, 1.54) is 6.08 Å². The van der Waals surface area contributed by atoms with Gasteiger partial charge in [0.2, 0.25) is 0 Å². The Morgan fingerprint density at radius 1 is 1.33 bits per heavy atom. The van der Waals surface area contributed by atoms with Crippen molar-refractivity contribution in [1.29, 1.82) is 0 Å². The van der Waals surface area contributed by atoms with Crippen LogP contribution in [-0.4, -0.2) is 29.6 Å². The summed E-state index contributed by atoms with van der Waals surface area (Å²) < 4.78 is 19.2. The molecule has 0 amide bonds. The lowest BCUT2D eigenvalue weighted by Gasteiger charge is -2.53. The van der Waals surface area contributed by atoms with Gasteiger partial charge < -0.3 is 9.84 Å². The highest BCUT2D eigenvalue weighted by Gasteiger charge is 2.52. The second kappa shape index (κ2) is 3.72. The van der Waals surface area contributed by atoms with Crippen LogP contribution in [0.25, 0.3) is 0 Å². The highest BCUT2D eigenvalue weighted by Crippen LogP contribution is 2.44. The van der Waals surface area contributed by atoms with Crippen LogP contribution in [0.5, 0.6) is 0 Å². The number of allylic oxidation sites excluding steroid dienone is 3. The maximum absolute atomic E-state index is 13.6. The van der Waals surface area contributed by atoms with Crippen molar-refractivity contribution in [3.63, 3.8) is 0 Å². The molecular weight excluding hydrogens is 195 g/mol. The topological polar surface area (TPSA) is 29.5 Å². The Morgan fingerprint density at radius 2 is 2.00 bits per heavy atom. The molecule has 0 aromatic carbocycles. The number of rotatable bonds is 2. The Morgan fingerprint density at radius 3 is 2.53 bits per heavy atom. The van der Waals surface area contributed by atoms with Crippen LogP contribution in [0.4, 0.5) is 4.39 Å². The van der Waals surface area contributed by atoms with Gasteiger partial charge in [0.1, 0.15) is 6.17 Å². The third-order valence-corrected chi connectivity index (χ3v) is 3.41. The third kappa shape index (κ3) is 1.74. The van der Waals surface area contributed by atoms with Crippen LogP contribution < -0.4 is 0 Å². The predicted octanol–water partition coefficient (Wildman–Crippen LogP) is 1.85. The SMILES string of the molecule is CC1(C)O[C@H](C2C=CC=CC2F)[C@H]1CO. The van der Waals surface area contributed by atoms with Crippen LogP contribution in [0.15, 0.2) is 24.3 Å². The molecular formula is C12H17FO2. The van der Waals surface area contributed by atoms with Crippen LogP contribution in [0, 0.1) is 11.8 Å². The fraction of sp³-hybridized carbons (Fsp3) is 0.667. The summed E-state index contributed by atoms with van der Waals surface area (Å²) in [4.78, 5) is 0. The van der Waals surface area contributed by atoms with E-state index in [1.54, 1.807) is 6.08 Å². The largest absolute Gasteiger partial charge is 0.396 e. The Kier molecular flexibility index (Phi) is 2.69. The fourth-order valence-electron chi connectivity index (χ4n) is 2.40. The van der Waals surface area contributed by atoms with Gasteiger partial charge >= 0.3 is 0 Å². The lowest BCUT2D eigenvalue weighted by Crippen LogP contribution is -2.61. The van der Waals surface area contributed by atoms with E-state index in [-0.39, 0.29) is 30.1 Å². The van der Waals surface area contributed by atoms with Gasteiger partial charge in [-0.25, -0.2) is 4.39 Å². The maximum Gasteiger partial charge on any atom is 0.127 e. The van der Waals surface area contributed by atoms with Crippen LogP contribution in [-0.2, 0) is 4.74 Å². The molecule has 1 aliphatic carbocycles. The number of halogens is 1. The summed E-state index contributed by atoms with van der Waals surface area (Å²) >= 11 is 0. The Bertz CT molecular complexity index is 296. The van der Waals surface area contributed by atoms with Gasteiger partial charge in [-0.2, -0.15) is 0 Å². The van der Waals surface area contributed by atoms with Crippen molar-refractivity contribution in [3.8, 4) is 0 Å². The first-order valence-electron chi connectivity index (χ1n) is 5.34.